The van der Waals surface area contributed by atoms with Gasteiger partial charge in [0.25, 0.3) is 5.91 Å². The fourth-order valence-electron chi connectivity index (χ4n) is 7.24. The maximum Gasteiger partial charge on any atom is 0.339 e. The number of fused-ring (bicyclic) bond motifs is 4. The minimum Gasteiger partial charge on any atom is -0.480 e. The summed E-state index contributed by atoms with van der Waals surface area (Å²) in [5.41, 5.74) is 3.09. The summed E-state index contributed by atoms with van der Waals surface area (Å²) in [6, 6.07) is 11.2. The quantitative estimate of drug-likeness (QED) is 0.386. The topological polar surface area (TPSA) is 80.0 Å². The monoisotopic (exact) mass is 549 g/mol. The number of carbonyl (C=O) groups is 1. The van der Waals surface area contributed by atoms with E-state index >= 15 is 0 Å². The van der Waals surface area contributed by atoms with Gasteiger partial charge in [0, 0.05) is 23.0 Å². The van der Waals surface area contributed by atoms with Crippen molar-refractivity contribution in [1.29, 1.82) is 0 Å². The van der Waals surface area contributed by atoms with Gasteiger partial charge in [-0.25, -0.2) is 4.79 Å². The molecule has 1 saturated carbocycles. The molecule has 2 fully saturated rings. The summed E-state index contributed by atoms with van der Waals surface area (Å²) in [7, 11) is 0. The van der Waals surface area contributed by atoms with Crippen LogP contribution in [0.25, 0.3) is 11.0 Å². The summed E-state index contributed by atoms with van der Waals surface area (Å²) in [5, 5.41) is 13.1. The SMILES string of the molecule is Cc1cc(O[C@@H](C)C(=O)N2CC[C@@]3(O)CCCC[C@H]3[C@@H]2c2ccc(Cl)cc2)c2c3c(c(=O)oc2c1)CCCC3. The van der Waals surface area contributed by atoms with Crippen molar-refractivity contribution in [3.05, 3.63) is 74.1 Å². The zero-order chi connectivity index (χ0) is 27.3. The first kappa shape index (κ1) is 26.4. The third-order valence-electron chi connectivity index (χ3n) is 9.14. The smallest absolute Gasteiger partial charge is 0.339 e. The van der Waals surface area contributed by atoms with E-state index in [1.807, 2.05) is 48.2 Å². The molecule has 3 aliphatic rings. The van der Waals surface area contributed by atoms with Crippen LogP contribution < -0.4 is 10.4 Å². The van der Waals surface area contributed by atoms with Crippen molar-refractivity contribution in [2.45, 2.75) is 89.4 Å². The molecule has 1 saturated heterocycles. The van der Waals surface area contributed by atoms with Gasteiger partial charge in [-0.05, 0) is 99.7 Å². The molecule has 4 atom stereocenters. The van der Waals surface area contributed by atoms with Gasteiger partial charge in [0.15, 0.2) is 6.10 Å². The lowest BCUT2D eigenvalue weighted by atomic mass is 9.66. The van der Waals surface area contributed by atoms with Gasteiger partial charge in [0.2, 0.25) is 0 Å². The number of carbonyl (C=O) groups excluding carboxylic acids is 1. The summed E-state index contributed by atoms with van der Waals surface area (Å²) in [6.45, 7) is 4.19. The van der Waals surface area contributed by atoms with Gasteiger partial charge < -0.3 is 19.2 Å². The molecule has 0 radical (unpaired) electrons. The molecule has 2 aromatic carbocycles. The number of piperidine rings is 1. The molecule has 6 rings (SSSR count). The number of aryl methyl sites for hydroxylation is 2. The highest BCUT2D eigenvalue weighted by molar-refractivity contribution is 6.30. The van der Waals surface area contributed by atoms with E-state index in [9.17, 15) is 14.7 Å². The van der Waals surface area contributed by atoms with Crippen molar-refractivity contribution in [1.82, 2.24) is 4.90 Å². The van der Waals surface area contributed by atoms with Gasteiger partial charge in [0.1, 0.15) is 11.3 Å². The predicted molar refractivity (Wildman–Crippen MR) is 151 cm³/mol. The van der Waals surface area contributed by atoms with Gasteiger partial charge in [-0.15, -0.1) is 0 Å². The summed E-state index contributed by atoms with van der Waals surface area (Å²) in [5.74, 6) is 0.434. The lowest BCUT2D eigenvalue weighted by Gasteiger charge is -2.53. The molecule has 1 aromatic heterocycles. The highest BCUT2D eigenvalue weighted by atomic mass is 35.5. The second-order valence-electron chi connectivity index (χ2n) is 11.7. The van der Waals surface area contributed by atoms with Crippen LogP contribution >= 0.6 is 11.6 Å². The second kappa shape index (κ2) is 10.3. The molecule has 1 amide bonds. The molecular formula is C32H36ClNO5. The number of aliphatic hydroxyl groups is 1. The van der Waals surface area contributed by atoms with Gasteiger partial charge >= 0.3 is 5.63 Å². The van der Waals surface area contributed by atoms with E-state index in [4.69, 9.17) is 20.8 Å². The van der Waals surface area contributed by atoms with E-state index in [1.165, 1.54) is 0 Å². The molecular weight excluding hydrogens is 514 g/mol. The van der Waals surface area contributed by atoms with Crippen LogP contribution in [0.4, 0.5) is 0 Å². The van der Waals surface area contributed by atoms with Crippen LogP contribution in [0.15, 0.2) is 45.6 Å². The van der Waals surface area contributed by atoms with Crippen LogP contribution in [0.1, 0.15) is 80.2 Å². The molecule has 206 valence electrons. The Morgan fingerprint density at radius 3 is 2.62 bits per heavy atom. The summed E-state index contributed by atoms with van der Waals surface area (Å²) < 4.78 is 12.2. The molecule has 1 N–H and O–H groups in total. The van der Waals surface area contributed by atoms with Gasteiger partial charge in [-0.2, -0.15) is 0 Å². The molecule has 7 heteroatoms. The third-order valence-corrected chi connectivity index (χ3v) is 9.39. The number of amides is 1. The van der Waals surface area contributed by atoms with Crippen LogP contribution in [0.2, 0.25) is 5.02 Å². The molecule has 1 aliphatic heterocycles. The lowest BCUT2D eigenvalue weighted by Crippen LogP contribution is -2.58. The van der Waals surface area contributed by atoms with E-state index in [2.05, 4.69) is 0 Å². The van der Waals surface area contributed by atoms with E-state index in [-0.39, 0.29) is 23.5 Å². The fourth-order valence-corrected chi connectivity index (χ4v) is 7.36. The highest BCUT2D eigenvalue weighted by Crippen LogP contribution is 2.49. The molecule has 3 aromatic rings. The van der Waals surface area contributed by atoms with Crippen LogP contribution in [0.5, 0.6) is 5.75 Å². The van der Waals surface area contributed by atoms with E-state index < -0.39 is 11.7 Å². The number of ether oxygens (including phenoxy) is 1. The first-order valence-corrected chi connectivity index (χ1v) is 14.7. The Balaban J connectivity index is 1.35. The summed E-state index contributed by atoms with van der Waals surface area (Å²) in [4.78, 5) is 28.7. The Bertz CT molecular complexity index is 1460. The fraction of sp³-hybridized carbons (Fsp3) is 0.500. The maximum atomic E-state index is 14.1. The average molecular weight is 550 g/mol. The number of halogens is 1. The molecule has 39 heavy (non-hydrogen) atoms. The highest BCUT2D eigenvalue weighted by Gasteiger charge is 2.50. The van der Waals surface area contributed by atoms with E-state index in [0.717, 1.165) is 72.6 Å². The third kappa shape index (κ3) is 4.76. The minimum absolute atomic E-state index is 0.0431. The van der Waals surface area contributed by atoms with Crippen molar-refractivity contribution in [3.63, 3.8) is 0 Å². The summed E-state index contributed by atoms with van der Waals surface area (Å²) >= 11 is 6.20. The molecule has 0 bridgehead atoms. The molecule has 0 spiro atoms. The molecule has 6 nitrogen and oxygen atoms in total. The van der Waals surface area contributed by atoms with Crippen molar-refractivity contribution < 1.29 is 19.1 Å². The number of rotatable bonds is 4. The normalized spacial score (nSPS) is 25.6. The van der Waals surface area contributed by atoms with Crippen molar-refractivity contribution in [3.8, 4) is 5.75 Å². The van der Waals surface area contributed by atoms with Crippen LogP contribution in [0.3, 0.4) is 0 Å². The van der Waals surface area contributed by atoms with Crippen LogP contribution in [-0.2, 0) is 17.6 Å². The van der Waals surface area contributed by atoms with Gasteiger partial charge in [0.05, 0.1) is 17.0 Å². The van der Waals surface area contributed by atoms with Gasteiger partial charge in [-0.1, -0.05) is 36.6 Å². The molecule has 0 unspecified atom stereocenters. The number of likely N-dealkylation sites (tertiary alicyclic amines) is 1. The Labute approximate surface area is 233 Å². The maximum absolute atomic E-state index is 14.1. The zero-order valence-electron chi connectivity index (χ0n) is 22.7. The van der Waals surface area contributed by atoms with Crippen molar-refractivity contribution in [2.75, 3.05) is 6.54 Å². The molecule has 2 heterocycles. The Morgan fingerprint density at radius 2 is 1.85 bits per heavy atom. The van der Waals surface area contributed by atoms with Gasteiger partial charge in [-0.3, -0.25) is 4.79 Å². The van der Waals surface area contributed by atoms with Crippen LogP contribution in [-0.4, -0.2) is 34.2 Å². The zero-order valence-corrected chi connectivity index (χ0v) is 23.4. The van der Waals surface area contributed by atoms with Crippen molar-refractivity contribution >= 4 is 28.5 Å². The number of benzene rings is 2. The Morgan fingerprint density at radius 1 is 1.10 bits per heavy atom. The predicted octanol–water partition coefficient (Wildman–Crippen LogP) is 6.30. The standard InChI is InChI=1S/C32H36ClNO5/c1-19-17-26(28-23-7-3-4-8-24(23)31(36)39-27(28)18-19)38-20(2)30(35)34-16-15-32(37)14-6-5-9-25(32)29(34)21-10-12-22(33)13-11-21/h10-13,17-18,20,25,29,37H,3-9,14-16H2,1-2H3/t20-,25-,29-,32-/m0/s1. The number of nitrogens with zero attached hydrogens (tertiary/aromatic N) is 1. The largest absolute Gasteiger partial charge is 0.480 e. The van der Waals surface area contributed by atoms with Crippen LogP contribution in [0, 0.1) is 12.8 Å². The van der Waals surface area contributed by atoms with E-state index in [1.54, 1.807) is 6.92 Å². The Hall–Kier alpha value is -2.83. The first-order chi connectivity index (χ1) is 18.7. The lowest BCUT2D eigenvalue weighted by molar-refractivity contribution is -0.161. The number of hydrogen-bond donors (Lipinski definition) is 1. The number of hydrogen-bond acceptors (Lipinski definition) is 5. The second-order valence-corrected chi connectivity index (χ2v) is 12.1. The average Bonchev–Trinajstić information content (AvgIpc) is 2.92. The van der Waals surface area contributed by atoms with Crippen molar-refractivity contribution in [2.24, 2.45) is 5.92 Å². The molecule has 2 aliphatic carbocycles. The minimum atomic E-state index is -0.771. The first-order valence-electron chi connectivity index (χ1n) is 14.3. The summed E-state index contributed by atoms with van der Waals surface area (Å²) in [6.07, 6.45) is 6.96. The Kier molecular flexibility index (Phi) is 6.96. The van der Waals surface area contributed by atoms with E-state index in [0.29, 0.717) is 35.7 Å².